The SMILES string of the molecule is Cc1ccc(-c2cc(C(=O)NC(C)c3c(C)nn(C)c3C)c3cnn(C(C)C)c3n2)s1. The van der Waals surface area contributed by atoms with Crippen molar-refractivity contribution in [3.05, 3.63) is 51.8 Å². The number of pyridine rings is 1. The zero-order chi connectivity index (χ0) is 22.4. The summed E-state index contributed by atoms with van der Waals surface area (Å²) in [4.78, 5) is 20.6. The number of aromatic nitrogens is 5. The fourth-order valence-electron chi connectivity index (χ4n) is 4.05. The van der Waals surface area contributed by atoms with Gasteiger partial charge in [0.2, 0.25) is 0 Å². The third-order valence-electron chi connectivity index (χ3n) is 5.64. The molecule has 0 spiro atoms. The van der Waals surface area contributed by atoms with Gasteiger partial charge in [-0.1, -0.05) is 0 Å². The van der Waals surface area contributed by atoms with Crippen LogP contribution < -0.4 is 5.32 Å². The van der Waals surface area contributed by atoms with Gasteiger partial charge in [0.25, 0.3) is 5.91 Å². The molecule has 1 N–H and O–H groups in total. The molecule has 0 aromatic carbocycles. The second-order valence-corrected chi connectivity index (χ2v) is 9.58. The average molecular weight is 437 g/mol. The molecule has 31 heavy (non-hydrogen) atoms. The summed E-state index contributed by atoms with van der Waals surface area (Å²) < 4.78 is 3.72. The highest BCUT2D eigenvalue weighted by molar-refractivity contribution is 7.15. The highest BCUT2D eigenvalue weighted by Gasteiger charge is 2.23. The Morgan fingerprint density at radius 2 is 1.90 bits per heavy atom. The third-order valence-corrected chi connectivity index (χ3v) is 6.66. The summed E-state index contributed by atoms with van der Waals surface area (Å²) in [5.41, 5.74) is 5.13. The summed E-state index contributed by atoms with van der Waals surface area (Å²) >= 11 is 1.67. The summed E-state index contributed by atoms with van der Waals surface area (Å²) in [6.07, 6.45) is 1.74. The lowest BCUT2D eigenvalue weighted by Crippen LogP contribution is -2.27. The van der Waals surface area contributed by atoms with E-state index in [0.717, 1.165) is 38.6 Å². The van der Waals surface area contributed by atoms with E-state index in [4.69, 9.17) is 4.98 Å². The summed E-state index contributed by atoms with van der Waals surface area (Å²) in [5.74, 6) is -0.139. The maximum absolute atomic E-state index is 13.4. The van der Waals surface area contributed by atoms with Gasteiger partial charge in [-0.25, -0.2) is 9.67 Å². The molecule has 1 unspecified atom stereocenters. The molecule has 0 aliphatic rings. The highest BCUT2D eigenvalue weighted by Crippen LogP contribution is 2.31. The second-order valence-electron chi connectivity index (χ2n) is 8.29. The first-order valence-corrected chi connectivity index (χ1v) is 11.2. The Kier molecular flexibility index (Phi) is 5.43. The van der Waals surface area contributed by atoms with E-state index in [1.54, 1.807) is 17.5 Å². The first kappa shape index (κ1) is 21.2. The van der Waals surface area contributed by atoms with Crippen LogP contribution in [-0.4, -0.2) is 30.5 Å². The summed E-state index contributed by atoms with van der Waals surface area (Å²) in [7, 11) is 1.92. The Bertz CT molecular complexity index is 1280. The fourth-order valence-corrected chi connectivity index (χ4v) is 4.87. The number of amides is 1. The molecule has 4 heterocycles. The minimum Gasteiger partial charge on any atom is -0.345 e. The van der Waals surface area contributed by atoms with Crippen molar-refractivity contribution in [1.82, 2.24) is 29.9 Å². The number of thiophene rings is 1. The van der Waals surface area contributed by atoms with E-state index in [9.17, 15) is 4.79 Å². The van der Waals surface area contributed by atoms with Crippen molar-refractivity contribution < 1.29 is 4.79 Å². The van der Waals surface area contributed by atoms with E-state index >= 15 is 0 Å². The first-order chi connectivity index (χ1) is 14.7. The molecular formula is C23H28N6OS. The molecule has 7 nitrogen and oxygen atoms in total. The normalized spacial score (nSPS) is 12.6. The van der Waals surface area contributed by atoms with Crippen LogP contribution in [0.1, 0.15) is 65.0 Å². The van der Waals surface area contributed by atoms with E-state index in [-0.39, 0.29) is 18.0 Å². The van der Waals surface area contributed by atoms with E-state index in [0.29, 0.717) is 5.56 Å². The van der Waals surface area contributed by atoms with Crippen molar-refractivity contribution in [3.8, 4) is 10.6 Å². The Balaban J connectivity index is 1.79. The monoisotopic (exact) mass is 436 g/mol. The lowest BCUT2D eigenvalue weighted by molar-refractivity contribution is 0.0941. The molecule has 0 fully saturated rings. The summed E-state index contributed by atoms with van der Waals surface area (Å²) in [5, 5.41) is 12.9. The highest BCUT2D eigenvalue weighted by atomic mass is 32.1. The number of nitrogens with one attached hydrogen (secondary N) is 1. The average Bonchev–Trinajstić information content (AvgIpc) is 3.38. The van der Waals surface area contributed by atoms with Crippen LogP contribution in [0, 0.1) is 20.8 Å². The van der Waals surface area contributed by atoms with Gasteiger partial charge in [-0.2, -0.15) is 10.2 Å². The van der Waals surface area contributed by atoms with E-state index in [1.807, 2.05) is 43.2 Å². The van der Waals surface area contributed by atoms with Crippen molar-refractivity contribution in [3.63, 3.8) is 0 Å². The molecule has 0 bridgehead atoms. The van der Waals surface area contributed by atoms with Crippen LogP contribution in [0.5, 0.6) is 0 Å². The molecule has 4 rings (SSSR count). The van der Waals surface area contributed by atoms with Gasteiger partial charge < -0.3 is 5.32 Å². The van der Waals surface area contributed by atoms with Crippen molar-refractivity contribution in [2.45, 2.75) is 53.6 Å². The van der Waals surface area contributed by atoms with Gasteiger partial charge in [-0.05, 0) is 59.7 Å². The van der Waals surface area contributed by atoms with Crippen LogP contribution in [0.2, 0.25) is 0 Å². The Morgan fingerprint density at radius 3 is 2.48 bits per heavy atom. The molecule has 0 aliphatic carbocycles. The summed E-state index contributed by atoms with van der Waals surface area (Å²) in [6, 6.07) is 5.97. The number of hydrogen-bond donors (Lipinski definition) is 1. The summed E-state index contributed by atoms with van der Waals surface area (Å²) in [6.45, 7) is 12.2. The van der Waals surface area contributed by atoms with Crippen LogP contribution in [0.15, 0.2) is 24.4 Å². The zero-order valence-electron chi connectivity index (χ0n) is 19.0. The topological polar surface area (TPSA) is 77.6 Å². The van der Waals surface area contributed by atoms with Gasteiger partial charge in [0.05, 0.1) is 39.5 Å². The number of nitrogens with zero attached hydrogens (tertiary/aromatic N) is 5. The second kappa shape index (κ2) is 7.92. The standard InChI is InChI=1S/C23H28N6OS/c1-12(2)29-22-18(11-24-29)17(10-19(26-22)20-9-8-13(3)31-20)23(30)25-14(4)21-15(5)27-28(7)16(21)6/h8-12,14H,1-7H3,(H,25,30). The van der Waals surface area contributed by atoms with Gasteiger partial charge in [-0.15, -0.1) is 11.3 Å². The molecular weight excluding hydrogens is 408 g/mol. The third kappa shape index (κ3) is 3.76. The molecule has 0 aliphatic heterocycles. The number of aryl methyl sites for hydroxylation is 3. The smallest absolute Gasteiger partial charge is 0.252 e. The van der Waals surface area contributed by atoms with Gasteiger partial charge in [0.15, 0.2) is 5.65 Å². The van der Waals surface area contributed by atoms with Crippen LogP contribution >= 0.6 is 11.3 Å². The van der Waals surface area contributed by atoms with E-state index in [1.165, 1.54) is 4.88 Å². The van der Waals surface area contributed by atoms with E-state index in [2.05, 4.69) is 48.4 Å². The van der Waals surface area contributed by atoms with Crippen molar-refractivity contribution in [1.29, 1.82) is 0 Å². The maximum atomic E-state index is 13.4. The molecule has 1 amide bonds. The molecule has 0 saturated carbocycles. The Morgan fingerprint density at radius 1 is 1.16 bits per heavy atom. The molecule has 0 saturated heterocycles. The van der Waals surface area contributed by atoms with Crippen LogP contribution in [0.25, 0.3) is 21.6 Å². The molecule has 4 aromatic heterocycles. The molecule has 1 atom stereocenters. The lowest BCUT2D eigenvalue weighted by Gasteiger charge is -2.16. The first-order valence-electron chi connectivity index (χ1n) is 10.4. The van der Waals surface area contributed by atoms with Crippen LogP contribution in [0.4, 0.5) is 0 Å². The number of fused-ring (bicyclic) bond motifs is 1. The Labute approximate surface area is 186 Å². The molecule has 162 valence electrons. The van der Waals surface area contributed by atoms with Crippen LogP contribution in [-0.2, 0) is 7.05 Å². The van der Waals surface area contributed by atoms with Gasteiger partial charge in [-0.3, -0.25) is 9.48 Å². The molecule has 0 radical (unpaired) electrons. The minimum absolute atomic E-state index is 0.139. The zero-order valence-corrected chi connectivity index (χ0v) is 19.8. The van der Waals surface area contributed by atoms with Gasteiger partial charge >= 0.3 is 0 Å². The quantitative estimate of drug-likeness (QED) is 0.483. The molecule has 4 aromatic rings. The maximum Gasteiger partial charge on any atom is 0.252 e. The lowest BCUT2D eigenvalue weighted by atomic mass is 10.0. The predicted octanol–water partition coefficient (Wildman–Crippen LogP) is 4.89. The molecule has 8 heteroatoms. The number of rotatable bonds is 5. The Hall–Kier alpha value is -3.00. The van der Waals surface area contributed by atoms with Crippen molar-refractivity contribution in [2.75, 3.05) is 0 Å². The van der Waals surface area contributed by atoms with Crippen LogP contribution in [0.3, 0.4) is 0 Å². The fraction of sp³-hybridized carbons (Fsp3) is 0.391. The van der Waals surface area contributed by atoms with Crippen molar-refractivity contribution in [2.24, 2.45) is 7.05 Å². The predicted molar refractivity (Wildman–Crippen MR) is 125 cm³/mol. The van der Waals surface area contributed by atoms with E-state index < -0.39 is 0 Å². The van der Waals surface area contributed by atoms with Gasteiger partial charge in [0, 0.05) is 29.2 Å². The van der Waals surface area contributed by atoms with Crippen molar-refractivity contribution >= 4 is 28.3 Å². The number of carbonyl (C=O) groups excluding carboxylic acids is 1. The number of carbonyl (C=O) groups is 1. The minimum atomic E-state index is -0.169. The largest absolute Gasteiger partial charge is 0.345 e. The van der Waals surface area contributed by atoms with Gasteiger partial charge in [0.1, 0.15) is 0 Å². The number of hydrogen-bond acceptors (Lipinski definition) is 5.